The van der Waals surface area contributed by atoms with E-state index in [1.54, 1.807) is 11.8 Å². The lowest BCUT2D eigenvalue weighted by atomic mass is 10.2. The molecular weight excluding hydrogens is 322 g/mol. The summed E-state index contributed by atoms with van der Waals surface area (Å²) in [5.41, 5.74) is 1.30. The normalized spacial score (nSPS) is 19.8. The Morgan fingerprint density at radius 1 is 1.42 bits per heavy atom. The molecule has 1 heterocycles. The average Bonchev–Trinajstić information content (AvgIpc) is 2.61. The first-order valence-electron chi connectivity index (χ1n) is 8.85. The zero-order chi connectivity index (χ0) is 17.2. The van der Waals surface area contributed by atoms with Crippen LogP contribution in [0.1, 0.15) is 32.3 Å². The van der Waals surface area contributed by atoms with E-state index in [4.69, 9.17) is 9.47 Å². The molecule has 134 valence electrons. The molecule has 2 rings (SSSR count). The minimum Gasteiger partial charge on any atom is -0.462 e. The largest absolute Gasteiger partial charge is 0.462 e. The van der Waals surface area contributed by atoms with Crippen molar-refractivity contribution in [2.24, 2.45) is 0 Å². The molecule has 5 heteroatoms. The maximum atomic E-state index is 12.0. The van der Waals surface area contributed by atoms with Crippen LogP contribution in [0.4, 0.5) is 0 Å². The van der Waals surface area contributed by atoms with Gasteiger partial charge >= 0.3 is 5.97 Å². The molecule has 1 aliphatic heterocycles. The van der Waals surface area contributed by atoms with Crippen LogP contribution in [0.5, 0.6) is 0 Å². The summed E-state index contributed by atoms with van der Waals surface area (Å²) < 4.78 is 11.2. The van der Waals surface area contributed by atoms with Crippen molar-refractivity contribution in [3.63, 3.8) is 0 Å². The van der Waals surface area contributed by atoms with Crippen LogP contribution in [0.15, 0.2) is 30.3 Å². The third kappa shape index (κ3) is 6.83. The molecule has 1 saturated heterocycles. The second-order valence-electron chi connectivity index (χ2n) is 6.21. The van der Waals surface area contributed by atoms with E-state index in [-0.39, 0.29) is 17.3 Å². The second kappa shape index (κ2) is 10.7. The van der Waals surface area contributed by atoms with Gasteiger partial charge < -0.3 is 9.47 Å². The first kappa shape index (κ1) is 19.3. The summed E-state index contributed by atoms with van der Waals surface area (Å²) in [5, 5.41) is -0.0967. The predicted molar refractivity (Wildman–Crippen MR) is 99.2 cm³/mol. The van der Waals surface area contributed by atoms with E-state index in [0.29, 0.717) is 13.2 Å². The molecule has 4 nitrogen and oxygen atoms in total. The molecule has 1 aromatic rings. The monoisotopic (exact) mass is 351 g/mol. The molecule has 0 aromatic heterocycles. The minimum atomic E-state index is -0.125. The quantitative estimate of drug-likeness (QED) is 0.504. The van der Waals surface area contributed by atoms with Crippen LogP contribution in [-0.4, -0.2) is 54.3 Å². The van der Waals surface area contributed by atoms with Gasteiger partial charge in [0, 0.05) is 19.6 Å². The summed E-state index contributed by atoms with van der Waals surface area (Å²) in [5.74, 6) is 0.886. The third-order valence-corrected chi connectivity index (χ3v) is 5.30. The molecule has 0 amide bonds. The van der Waals surface area contributed by atoms with E-state index >= 15 is 0 Å². The molecular formula is C19H29NO3S. The molecule has 0 saturated carbocycles. The summed E-state index contributed by atoms with van der Waals surface area (Å²) in [4.78, 5) is 14.4. The van der Waals surface area contributed by atoms with Gasteiger partial charge in [0.25, 0.3) is 0 Å². The van der Waals surface area contributed by atoms with Crippen molar-refractivity contribution in [3.8, 4) is 0 Å². The number of carbonyl (C=O) groups is 1. The minimum absolute atomic E-state index is 0.0285. The van der Waals surface area contributed by atoms with E-state index in [1.807, 2.05) is 13.0 Å². The molecule has 2 atom stereocenters. The van der Waals surface area contributed by atoms with Crippen molar-refractivity contribution in [1.29, 1.82) is 0 Å². The van der Waals surface area contributed by atoms with Gasteiger partial charge in [0.05, 0.1) is 11.9 Å². The molecule has 0 radical (unpaired) electrons. The van der Waals surface area contributed by atoms with Crippen molar-refractivity contribution in [1.82, 2.24) is 4.90 Å². The van der Waals surface area contributed by atoms with Gasteiger partial charge in [0.2, 0.25) is 0 Å². The lowest BCUT2D eigenvalue weighted by molar-refractivity contribution is -0.149. The van der Waals surface area contributed by atoms with Crippen LogP contribution in [-0.2, 0) is 20.8 Å². The van der Waals surface area contributed by atoms with Gasteiger partial charge in [0.15, 0.2) is 0 Å². The van der Waals surface area contributed by atoms with Crippen LogP contribution in [0.2, 0.25) is 0 Å². The van der Waals surface area contributed by atoms with Crippen LogP contribution >= 0.6 is 11.8 Å². The first-order valence-corrected chi connectivity index (χ1v) is 9.90. The average molecular weight is 352 g/mol. The van der Waals surface area contributed by atoms with E-state index in [9.17, 15) is 4.79 Å². The molecule has 0 bridgehead atoms. The van der Waals surface area contributed by atoms with Crippen molar-refractivity contribution >= 4 is 17.7 Å². The van der Waals surface area contributed by atoms with E-state index in [0.717, 1.165) is 38.2 Å². The molecule has 0 N–H and O–H groups in total. The highest BCUT2D eigenvalue weighted by atomic mass is 32.2. The molecule has 2 unspecified atom stereocenters. The number of carbonyl (C=O) groups excluding carboxylic acids is 1. The zero-order valence-electron chi connectivity index (χ0n) is 14.8. The number of rotatable bonds is 9. The fraction of sp³-hybridized carbons (Fsp3) is 0.632. The number of nitrogens with zero attached hydrogens (tertiary/aromatic N) is 1. The summed E-state index contributed by atoms with van der Waals surface area (Å²) in [6, 6.07) is 10.4. The molecule has 1 aliphatic rings. The Bertz CT molecular complexity index is 483. The fourth-order valence-corrected chi connectivity index (χ4v) is 3.64. The number of hydrogen-bond donors (Lipinski definition) is 0. The lowest BCUT2D eigenvalue weighted by Crippen LogP contribution is -2.44. The van der Waals surface area contributed by atoms with Gasteiger partial charge in [-0.05, 0) is 24.7 Å². The summed E-state index contributed by atoms with van der Waals surface area (Å²) in [6.45, 7) is 7.76. The van der Waals surface area contributed by atoms with Crippen molar-refractivity contribution < 1.29 is 14.3 Å². The third-order valence-electron chi connectivity index (χ3n) is 4.08. The maximum absolute atomic E-state index is 12.0. The van der Waals surface area contributed by atoms with Gasteiger partial charge in [0.1, 0.15) is 12.7 Å². The topological polar surface area (TPSA) is 38.8 Å². The zero-order valence-corrected chi connectivity index (χ0v) is 15.6. The Balaban J connectivity index is 1.69. The summed E-state index contributed by atoms with van der Waals surface area (Å²) in [6.07, 6.45) is 2.27. The Morgan fingerprint density at radius 3 is 2.96 bits per heavy atom. The van der Waals surface area contributed by atoms with Crippen LogP contribution in [0, 0.1) is 0 Å². The highest BCUT2D eigenvalue weighted by Crippen LogP contribution is 2.15. The van der Waals surface area contributed by atoms with Gasteiger partial charge in [-0.25, -0.2) is 0 Å². The van der Waals surface area contributed by atoms with Crippen LogP contribution in [0.3, 0.4) is 0 Å². The first-order chi connectivity index (χ1) is 11.7. The molecule has 0 spiro atoms. The summed E-state index contributed by atoms with van der Waals surface area (Å²) in [7, 11) is 0. The molecule has 0 aliphatic carbocycles. The van der Waals surface area contributed by atoms with Gasteiger partial charge in [-0.2, -0.15) is 0 Å². The number of thioether (sulfide) groups is 1. The number of morpholine rings is 1. The van der Waals surface area contributed by atoms with Crippen LogP contribution in [0.25, 0.3) is 0 Å². The standard InChI is InChI=1S/C19H29NO3S/c1-3-4-12-24-16(2)19(21)23-15-18-14-20(10-11-22-18)13-17-8-6-5-7-9-17/h5-9,16,18H,3-4,10-15H2,1-2H3. The lowest BCUT2D eigenvalue weighted by Gasteiger charge is -2.32. The smallest absolute Gasteiger partial charge is 0.318 e. The Morgan fingerprint density at radius 2 is 2.21 bits per heavy atom. The Hall–Kier alpha value is -1.04. The highest BCUT2D eigenvalue weighted by molar-refractivity contribution is 8.00. The highest BCUT2D eigenvalue weighted by Gasteiger charge is 2.23. The fourth-order valence-electron chi connectivity index (χ4n) is 2.63. The van der Waals surface area contributed by atoms with E-state index in [1.165, 1.54) is 5.56 Å². The van der Waals surface area contributed by atoms with Gasteiger partial charge in [-0.15, -0.1) is 11.8 Å². The number of benzene rings is 1. The maximum Gasteiger partial charge on any atom is 0.318 e. The molecule has 24 heavy (non-hydrogen) atoms. The Kier molecular flexibility index (Phi) is 8.64. The van der Waals surface area contributed by atoms with E-state index < -0.39 is 0 Å². The van der Waals surface area contributed by atoms with Crippen molar-refractivity contribution in [2.45, 2.75) is 44.6 Å². The van der Waals surface area contributed by atoms with E-state index in [2.05, 4.69) is 36.1 Å². The number of unbranched alkanes of at least 4 members (excludes halogenated alkanes) is 1. The van der Waals surface area contributed by atoms with Gasteiger partial charge in [-0.1, -0.05) is 43.7 Å². The molecule has 1 aromatic carbocycles. The van der Waals surface area contributed by atoms with Crippen LogP contribution < -0.4 is 0 Å². The predicted octanol–water partition coefficient (Wildman–Crippen LogP) is 3.35. The van der Waals surface area contributed by atoms with Crippen molar-refractivity contribution in [3.05, 3.63) is 35.9 Å². The van der Waals surface area contributed by atoms with Gasteiger partial charge in [-0.3, -0.25) is 9.69 Å². The second-order valence-corrected chi connectivity index (χ2v) is 7.66. The number of hydrogen-bond acceptors (Lipinski definition) is 5. The number of ether oxygens (including phenoxy) is 2. The summed E-state index contributed by atoms with van der Waals surface area (Å²) >= 11 is 1.67. The molecule has 1 fully saturated rings. The number of esters is 1. The Labute approximate surface area is 149 Å². The van der Waals surface area contributed by atoms with Crippen molar-refractivity contribution in [2.75, 3.05) is 32.1 Å². The SMILES string of the molecule is CCCCSC(C)C(=O)OCC1CN(Cc2ccccc2)CCO1.